The zero-order valence-electron chi connectivity index (χ0n) is 4.83. The summed E-state index contributed by atoms with van der Waals surface area (Å²) in [5.74, 6) is -1.15. The third-order valence-electron chi connectivity index (χ3n) is 0.793. The van der Waals surface area contributed by atoms with E-state index in [-0.39, 0.29) is 18.8 Å². The lowest BCUT2D eigenvalue weighted by atomic mass is 10.2. The van der Waals surface area contributed by atoms with Crippen molar-refractivity contribution in [3.8, 4) is 0 Å². The van der Waals surface area contributed by atoms with E-state index in [4.69, 9.17) is 5.11 Å². The second-order valence-electron chi connectivity index (χ2n) is 1.48. The molecule has 0 atom stereocenters. The molecule has 0 aliphatic rings. The molecule has 9 heavy (non-hydrogen) atoms. The maximum Gasteiger partial charge on any atom is 0.208 e. The van der Waals surface area contributed by atoms with Crippen LogP contribution in [0.2, 0.25) is 0 Å². The predicted molar refractivity (Wildman–Crippen MR) is 35.6 cm³/mol. The summed E-state index contributed by atoms with van der Waals surface area (Å²) in [7, 11) is 0. The number of thiol groups is 1. The molecule has 0 aliphatic carbocycles. The van der Waals surface area contributed by atoms with Crippen molar-refractivity contribution >= 4 is 24.2 Å². The maximum atomic E-state index is 10.4. The molecule has 0 bridgehead atoms. The van der Waals surface area contributed by atoms with Crippen LogP contribution in [-0.2, 0) is 9.59 Å². The van der Waals surface area contributed by atoms with Crippen molar-refractivity contribution in [2.45, 2.75) is 6.42 Å². The van der Waals surface area contributed by atoms with Gasteiger partial charge in [-0.25, -0.2) is 0 Å². The van der Waals surface area contributed by atoms with Gasteiger partial charge in [-0.05, 0) is 0 Å². The first-order valence-electron chi connectivity index (χ1n) is 2.50. The first-order valence-corrected chi connectivity index (χ1v) is 3.13. The Morgan fingerprint density at radius 2 is 1.89 bits per heavy atom. The lowest BCUT2D eigenvalue weighted by Crippen LogP contribution is -2.15. The summed E-state index contributed by atoms with van der Waals surface area (Å²) < 4.78 is 0. The Kier molecular flexibility index (Phi) is 4.35. The Morgan fingerprint density at radius 3 is 2.22 bits per heavy atom. The number of ketones is 2. The van der Waals surface area contributed by atoms with Gasteiger partial charge < -0.3 is 5.11 Å². The molecular weight excluding hydrogens is 140 g/mol. The molecule has 0 saturated heterocycles. The van der Waals surface area contributed by atoms with Crippen LogP contribution >= 0.6 is 12.6 Å². The van der Waals surface area contributed by atoms with Crippen LogP contribution in [0.5, 0.6) is 0 Å². The minimum absolute atomic E-state index is 0.0706. The number of carbonyl (C=O) groups is 2. The topological polar surface area (TPSA) is 54.4 Å². The first-order chi connectivity index (χ1) is 4.22. The summed E-state index contributed by atoms with van der Waals surface area (Å²) in [6.45, 7) is -0.266. The lowest BCUT2D eigenvalue weighted by Gasteiger charge is -1.90. The predicted octanol–water partition coefficient (Wildman–Crippen LogP) is -0.563. The number of carbonyl (C=O) groups excluding carboxylic acids is 2. The highest BCUT2D eigenvalue weighted by Crippen LogP contribution is 1.85. The molecule has 0 amide bonds. The van der Waals surface area contributed by atoms with E-state index in [9.17, 15) is 9.59 Å². The largest absolute Gasteiger partial charge is 0.396 e. The van der Waals surface area contributed by atoms with Crippen molar-refractivity contribution in [2.75, 3.05) is 12.4 Å². The Morgan fingerprint density at radius 1 is 1.33 bits per heavy atom. The SMILES string of the molecule is O=C(CS)C(=O)CCO. The molecule has 0 unspecified atom stereocenters. The van der Waals surface area contributed by atoms with Crippen LogP contribution < -0.4 is 0 Å². The molecule has 0 aromatic carbocycles. The number of hydrogen-bond donors (Lipinski definition) is 2. The molecule has 1 N–H and O–H groups in total. The van der Waals surface area contributed by atoms with Crippen molar-refractivity contribution in [1.29, 1.82) is 0 Å². The molecule has 0 spiro atoms. The Labute approximate surface area is 58.5 Å². The molecule has 0 aromatic rings. The van der Waals surface area contributed by atoms with Crippen LogP contribution in [0.1, 0.15) is 6.42 Å². The van der Waals surface area contributed by atoms with Crippen molar-refractivity contribution in [3.05, 3.63) is 0 Å². The summed E-state index contributed by atoms with van der Waals surface area (Å²) in [5.41, 5.74) is 0. The highest BCUT2D eigenvalue weighted by Gasteiger charge is 2.09. The molecule has 0 rings (SSSR count). The average Bonchev–Trinajstić information content (AvgIpc) is 1.87. The van der Waals surface area contributed by atoms with Gasteiger partial charge in [0.05, 0.1) is 12.4 Å². The third-order valence-corrected chi connectivity index (χ3v) is 1.08. The fourth-order valence-electron chi connectivity index (χ4n) is 0.329. The second-order valence-corrected chi connectivity index (χ2v) is 1.79. The Balaban J connectivity index is 3.60. The zero-order chi connectivity index (χ0) is 7.28. The fraction of sp³-hybridized carbons (Fsp3) is 0.600. The van der Waals surface area contributed by atoms with E-state index in [0.29, 0.717) is 0 Å². The van der Waals surface area contributed by atoms with Gasteiger partial charge in [-0.15, -0.1) is 0 Å². The molecular formula is C5H8O3S. The van der Waals surface area contributed by atoms with E-state index in [1.807, 2.05) is 0 Å². The van der Waals surface area contributed by atoms with E-state index >= 15 is 0 Å². The summed E-state index contributed by atoms with van der Waals surface area (Å²) in [6.07, 6.45) is -0.0839. The Hall–Kier alpha value is -0.350. The summed E-state index contributed by atoms with van der Waals surface area (Å²) in [4.78, 5) is 20.8. The normalized spacial score (nSPS) is 9.11. The van der Waals surface area contributed by atoms with Crippen molar-refractivity contribution in [3.63, 3.8) is 0 Å². The standard InChI is InChI=1S/C5H8O3S/c6-2-1-4(7)5(8)3-9/h6,9H,1-3H2. The van der Waals surface area contributed by atoms with E-state index in [2.05, 4.69) is 12.6 Å². The third kappa shape index (κ3) is 3.26. The molecule has 0 aromatic heterocycles. The molecule has 4 heteroatoms. The molecule has 3 nitrogen and oxygen atoms in total. The average molecular weight is 148 g/mol. The summed E-state index contributed by atoms with van der Waals surface area (Å²) in [6, 6.07) is 0. The van der Waals surface area contributed by atoms with Gasteiger partial charge in [0.15, 0.2) is 0 Å². The highest BCUT2D eigenvalue weighted by molar-refractivity contribution is 7.81. The molecule has 0 radical (unpaired) electrons. The monoisotopic (exact) mass is 148 g/mol. The number of Topliss-reactive ketones (excluding diaryl/α,β-unsaturated/α-hetero) is 2. The van der Waals surface area contributed by atoms with Gasteiger partial charge in [-0.2, -0.15) is 12.6 Å². The van der Waals surface area contributed by atoms with Crippen LogP contribution in [0.25, 0.3) is 0 Å². The van der Waals surface area contributed by atoms with Crippen LogP contribution in [0.3, 0.4) is 0 Å². The molecule has 52 valence electrons. The lowest BCUT2D eigenvalue weighted by molar-refractivity contribution is -0.135. The van der Waals surface area contributed by atoms with E-state index in [1.165, 1.54) is 0 Å². The number of aliphatic hydroxyl groups is 1. The smallest absolute Gasteiger partial charge is 0.208 e. The van der Waals surface area contributed by atoms with Crippen LogP contribution in [0.15, 0.2) is 0 Å². The first kappa shape index (κ1) is 8.65. The van der Waals surface area contributed by atoms with E-state index in [0.717, 1.165) is 0 Å². The zero-order valence-corrected chi connectivity index (χ0v) is 5.73. The maximum absolute atomic E-state index is 10.4. The number of rotatable bonds is 4. The minimum Gasteiger partial charge on any atom is -0.396 e. The molecule has 0 heterocycles. The molecule has 0 saturated carbocycles. The van der Waals surface area contributed by atoms with Crippen molar-refractivity contribution in [2.24, 2.45) is 0 Å². The van der Waals surface area contributed by atoms with E-state index in [1.54, 1.807) is 0 Å². The number of hydrogen-bond acceptors (Lipinski definition) is 4. The summed E-state index contributed by atoms with van der Waals surface area (Å²) >= 11 is 3.60. The Bertz CT molecular complexity index is 121. The van der Waals surface area contributed by atoms with Gasteiger partial charge in [0.25, 0.3) is 0 Å². The number of aliphatic hydroxyl groups excluding tert-OH is 1. The van der Waals surface area contributed by atoms with Gasteiger partial charge >= 0.3 is 0 Å². The molecule has 0 aliphatic heterocycles. The van der Waals surface area contributed by atoms with Crippen LogP contribution in [0.4, 0.5) is 0 Å². The fourth-order valence-corrected chi connectivity index (χ4v) is 0.505. The van der Waals surface area contributed by atoms with Gasteiger partial charge in [0, 0.05) is 6.42 Å². The van der Waals surface area contributed by atoms with Gasteiger partial charge in [-0.3, -0.25) is 9.59 Å². The summed E-state index contributed by atoms with van der Waals surface area (Å²) in [5, 5.41) is 8.18. The highest BCUT2D eigenvalue weighted by atomic mass is 32.1. The van der Waals surface area contributed by atoms with Crippen molar-refractivity contribution in [1.82, 2.24) is 0 Å². The van der Waals surface area contributed by atoms with Crippen LogP contribution in [0, 0.1) is 0 Å². The van der Waals surface area contributed by atoms with Gasteiger partial charge in [-0.1, -0.05) is 0 Å². The van der Waals surface area contributed by atoms with Gasteiger partial charge in [0.2, 0.25) is 11.6 Å². The van der Waals surface area contributed by atoms with Crippen LogP contribution in [-0.4, -0.2) is 29.0 Å². The second kappa shape index (κ2) is 4.52. The van der Waals surface area contributed by atoms with Gasteiger partial charge in [0.1, 0.15) is 0 Å². The minimum atomic E-state index is -0.549. The quantitative estimate of drug-likeness (QED) is 0.415. The van der Waals surface area contributed by atoms with Crippen molar-refractivity contribution < 1.29 is 14.7 Å². The van der Waals surface area contributed by atoms with E-state index < -0.39 is 11.6 Å². The molecule has 0 fully saturated rings.